The van der Waals surface area contributed by atoms with E-state index in [0.29, 0.717) is 5.82 Å². The van der Waals surface area contributed by atoms with Crippen LogP contribution in [0.15, 0.2) is 48.1 Å². The number of para-hydroxylation sites is 1. The molecule has 0 spiro atoms. The molecule has 3 heterocycles. The van der Waals surface area contributed by atoms with Crippen LogP contribution >= 0.6 is 11.3 Å². The molecule has 0 amide bonds. The van der Waals surface area contributed by atoms with E-state index in [-0.39, 0.29) is 0 Å². The fourth-order valence-electron chi connectivity index (χ4n) is 2.66. The summed E-state index contributed by atoms with van der Waals surface area (Å²) in [6.45, 7) is 1.91. The van der Waals surface area contributed by atoms with Crippen LogP contribution in [0.1, 0.15) is 11.3 Å². The molecule has 21 heavy (non-hydrogen) atoms. The fourth-order valence-corrected chi connectivity index (χ4v) is 3.41. The number of benzene rings is 1. The van der Waals surface area contributed by atoms with Crippen molar-refractivity contribution < 1.29 is 0 Å². The Balaban J connectivity index is 1.56. The molecule has 4 rings (SSSR count). The highest BCUT2D eigenvalue weighted by Gasteiger charge is 2.19. The monoisotopic (exact) mass is 294 g/mol. The lowest BCUT2D eigenvalue weighted by Gasteiger charge is -2.17. The SMILES string of the molecule is c1cnc(-c2nc(CN3CCc4ccccc43)cs2)nc1. The van der Waals surface area contributed by atoms with Crippen LogP contribution in [0.3, 0.4) is 0 Å². The van der Waals surface area contributed by atoms with Crippen molar-refractivity contribution in [3.05, 3.63) is 59.4 Å². The van der Waals surface area contributed by atoms with Gasteiger partial charge in [0, 0.05) is 30.0 Å². The third-order valence-corrected chi connectivity index (χ3v) is 4.53. The quantitative estimate of drug-likeness (QED) is 0.744. The van der Waals surface area contributed by atoms with Crippen LogP contribution < -0.4 is 4.90 Å². The summed E-state index contributed by atoms with van der Waals surface area (Å²) in [5.41, 5.74) is 3.85. The maximum Gasteiger partial charge on any atom is 0.188 e. The molecule has 0 fully saturated rings. The molecule has 3 aromatic rings. The number of aromatic nitrogens is 3. The predicted molar refractivity (Wildman–Crippen MR) is 84.3 cm³/mol. The lowest BCUT2D eigenvalue weighted by atomic mass is 10.2. The third-order valence-electron chi connectivity index (χ3n) is 3.65. The van der Waals surface area contributed by atoms with Crippen molar-refractivity contribution in [2.45, 2.75) is 13.0 Å². The van der Waals surface area contributed by atoms with Gasteiger partial charge in [-0.05, 0) is 24.1 Å². The van der Waals surface area contributed by atoms with Gasteiger partial charge in [-0.2, -0.15) is 0 Å². The Morgan fingerprint density at radius 1 is 1.10 bits per heavy atom. The van der Waals surface area contributed by atoms with E-state index in [1.165, 1.54) is 11.3 Å². The maximum atomic E-state index is 4.67. The molecule has 5 heteroatoms. The average molecular weight is 294 g/mol. The van der Waals surface area contributed by atoms with Crippen LogP contribution in [0.25, 0.3) is 10.8 Å². The van der Waals surface area contributed by atoms with Gasteiger partial charge in [-0.3, -0.25) is 0 Å². The van der Waals surface area contributed by atoms with E-state index in [1.807, 2.05) is 6.07 Å². The molecular weight excluding hydrogens is 280 g/mol. The molecule has 1 aliphatic rings. The first-order valence-electron chi connectivity index (χ1n) is 6.95. The van der Waals surface area contributed by atoms with E-state index in [1.54, 1.807) is 23.7 Å². The highest BCUT2D eigenvalue weighted by Crippen LogP contribution is 2.29. The fraction of sp³-hybridized carbons (Fsp3) is 0.188. The molecule has 0 saturated carbocycles. The number of fused-ring (bicyclic) bond motifs is 1. The Morgan fingerprint density at radius 3 is 2.86 bits per heavy atom. The average Bonchev–Trinajstić information content (AvgIpc) is 3.17. The Labute approximate surface area is 127 Å². The molecule has 0 aliphatic carbocycles. The standard InChI is InChI=1S/C16H14N4S/c1-2-5-14-12(4-1)6-9-20(14)10-13-11-21-16(19-13)15-17-7-3-8-18-15/h1-5,7-8,11H,6,9-10H2. The minimum absolute atomic E-state index is 0.704. The number of anilines is 1. The van der Waals surface area contributed by atoms with Crippen molar-refractivity contribution in [1.82, 2.24) is 15.0 Å². The number of nitrogens with zero attached hydrogens (tertiary/aromatic N) is 4. The number of rotatable bonds is 3. The summed E-state index contributed by atoms with van der Waals surface area (Å²) >= 11 is 1.60. The Bertz CT molecular complexity index is 754. The van der Waals surface area contributed by atoms with Gasteiger partial charge in [0.25, 0.3) is 0 Å². The molecule has 0 radical (unpaired) electrons. The summed E-state index contributed by atoms with van der Waals surface area (Å²) in [7, 11) is 0. The Morgan fingerprint density at radius 2 is 1.95 bits per heavy atom. The number of thiazole rings is 1. The second-order valence-electron chi connectivity index (χ2n) is 5.02. The molecule has 1 aliphatic heterocycles. The number of hydrogen-bond acceptors (Lipinski definition) is 5. The summed E-state index contributed by atoms with van der Waals surface area (Å²) in [6, 6.07) is 10.4. The van der Waals surface area contributed by atoms with Crippen molar-refractivity contribution in [1.29, 1.82) is 0 Å². The second kappa shape index (κ2) is 5.26. The molecule has 2 aromatic heterocycles. The van der Waals surface area contributed by atoms with Crippen molar-refractivity contribution >= 4 is 17.0 Å². The normalized spacial score (nSPS) is 13.4. The minimum atomic E-state index is 0.704. The van der Waals surface area contributed by atoms with Crippen molar-refractivity contribution in [2.24, 2.45) is 0 Å². The highest BCUT2D eigenvalue weighted by atomic mass is 32.1. The Kier molecular flexibility index (Phi) is 3.12. The summed E-state index contributed by atoms with van der Waals surface area (Å²) in [6.07, 6.45) is 4.62. The van der Waals surface area contributed by atoms with E-state index in [2.05, 4.69) is 49.5 Å². The van der Waals surface area contributed by atoms with Crippen molar-refractivity contribution in [2.75, 3.05) is 11.4 Å². The van der Waals surface area contributed by atoms with Crippen molar-refractivity contribution in [3.8, 4) is 10.8 Å². The summed E-state index contributed by atoms with van der Waals surface area (Å²) in [4.78, 5) is 15.6. The van der Waals surface area contributed by atoms with Crippen LogP contribution in [0.4, 0.5) is 5.69 Å². The first-order valence-corrected chi connectivity index (χ1v) is 7.83. The van der Waals surface area contributed by atoms with Gasteiger partial charge in [-0.1, -0.05) is 18.2 Å². The van der Waals surface area contributed by atoms with E-state index >= 15 is 0 Å². The van der Waals surface area contributed by atoms with Gasteiger partial charge in [0.2, 0.25) is 0 Å². The van der Waals surface area contributed by atoms with E-state index in [4.69, 9.17) is 0 Å². The first-order chi connectivity index (χ1) is 10.4. The van der Waals surface area contributed by atoms with Crippen molar-refractivity contribution in [3.63, 3.8) is 0 Å². The predicted octanol–water partition coefficient (Wildman–Crippen LogP) is 3.16. The molecule has 0 saturated heterocycles. The molecule has 1 aromatic carbocycles. The lowest BCUT2D eigenvalue weighted by Crippen LogP contribution is -2.19. The van der Waals surface area contributed by atoms with Crippen LogP contribution in [-0.4, -0.2) is 21.5 Å². The summed E-state index contributed by atoms with van der Waals surface area (Å²) in [5, 5.41) is 2.99. The van der Waals surface area contributed by atoms with Gasteiger partial charge in [0.1, 0.15) is 0 Å². The zero-order chi connectivity index (χ0) is 14.1. The zero-order valence-corrected chi connectivity index (χ0v) is 12.3. The second-order valence-corrected chi connectivity index (χ2v) is 5.87. The highest BCUT2D eigenvalue weighted by molar-refractivity contribution is 7.13. The first kappa shape index (κ1) is 12.5. The van der Waals surface area contributed by atoms with Gasteiger partial charge in [-0.25, -0.2) is 15.0 Å². The molecule has 4 nitrogen and oxygen atoms in total. The van der Waals surface area contributed by atoms with Crippen LogP contribution in [0.5, 0.6) is 0 Å². The molecule has 0 atom stereocenters. The zero-order valence-electron chi connectivity index (χ0n) is 11.4. The molecule has 0 N–H and O–H groups in total. The van der Waals surface area contributed by atoms with E-state index in [0.717, 1.165) is 30.2 Å². The molecule has 0 bridgehead atoms. The summed E-state index contributed by atoms with van der Waals surface area (Å²) in [5.74, 6) is 0.704. The molecule has 104 valence electrons. The number of hydrogen-bond donors (Lipinski definition) is 0. The topological polar surface area (TPSA) is 41.9 Å². The maximum absolute atomic E-state index is 4.67. The van der Waals surface area contributed by atoms with E-state index < -0.39 is 0 Å². The van der Waals surface area contributed by atoms with Gasteiger partial charge in [0.15, 0.2) is 10.8 Å². The third kappa shape index (κ3) is 2.40. The minimum Gasteiger partial charge on any atom is -0.365 e. The summed E-state index contributed by atoms with van der Waals surface area (Å²) < 4.78 is 0. The van der Waals surface area contributed by atoms with Gasteiger partial charge in [0.05, 0.1) is 12.2 Å². The molecular formula is C16H14N4S. The smallest absolute Gasteiger partial charge is 0.188 e. The van der Waals surface area contributed by atoms with Gasteiger partial charge < -0.3 is 4.90 Å². The van der Waals surface area contributed by atoms with Crippen LogP contribution in [-0.2, 0) is 13.0 Å². The molecule has 0 unspecified atom stereocenters. The van der Waals surface area contributed by atoms with Crippen LogP contribution in [0, 0.1) is 0 Å². The van der Waals surface area contributed by atoms with E-state index in [9.17, 15) is 0 Å². The van der Waals surface area contributed by atoms with Gasteiger partial charge >= 0.3 is 0 Å². The largest absolute Gasteiger partial charge is 0.365 e. The van der Waals surface area contributed by atoms with Gasteiger partial charge in [-0.15, -0.1) is 11.3 Å². The Hall–Kier alpha value is -2.27. The lowest BCUT2D eigenvalue weighted by molar-refractivity contribution is 0.820. The van der Waals surface area contributed by atoms with Crippen LogP contribution in [0.2, 0.25) is 0 Å².